The fourth-order valence-corrected chi connectivity index (χ4v) is 1.89. The minimum absolute atomic E-state index is 0.0328. The van der Waals surface area contributed by atoms with Crippen LogP contribution in [0, 0.1) is 11.3 Å². The molecule has 0 bridgehead atoms. The molecule has 116 valence electrons. The Balaban J connectivity index is 2.59. The molecule has 0 saturated carbocycles. The lowest BCUT2D eigenvalue weighted by Crippen LogP contribution is -2.47. The second kappa shape index (κ2) is 8.15. The van der Waals surface area contributed by atoms with E-state index in [9.17, 15) is 9.59 Å². The lowest BCUT2D eigenvalue weighted by atomic mass is 10.2. The van der Waals surface area contributed by atoms with Gasteiger partial charge in [0.1, 0.15) is 11.6 Å². The molecule has 0 aromatic carbocycles. The number of nitrogens with one attached hydrogen (secondary N) is 1. The molecular formula is C14H22N4O3. The number of nitriles is 1. The summed E-state index contributed by atoms with van der Waals surface area (Å²) in [5, 5.41) is 11.9. The van der Waals surface area contributed by atoms with E-state index in [0.29, 0.717) is 26.2 Å². The molecule has 1 rings (SSSR count). The lowest BCUT2D eigenvalue weighted by molar-refractivity contribution is -0.117. The summed E-state index contributed by atoms with van der Waals surface area (Å²) >= 11 is 0. The maximum Gasteiger partial charge on any atom is 0.409 e. The number of nitrogens with zero attached hydrogens (tertiary/aromatic N) is 3. The van der Waals surface area contributed by atoms with Crippen molar-refractivity contribution in [3.63, 3.8) is 0 Å². The first kappa shape index (κ1) is 16.8. The topological polar surface area (TPSA) is 85.7 Å². The molecule has 0 radical (unpaired) electrons. The van der Waals surface area contributed by atoms with Crippen molar-refractivity contribution >= 4 is 12.0 Å². The summed E-state index contributed by atoms with van der Waals surface area (Å²) in [5.74, 6) is -0.359. The van der Waals surface area contributed by atoms with Gasteiger partial charge in [-0.3, -0.25) is 4.79 Å². The fourth-order valence-electron chi connectivity index (χ4n) is 1.89. The number of methoxy groups -OCH3 is 1. The first-order valence-electron chi connectivity index (χ1n) is 7.01. The summed E-state index contributed by atoms with van der Waals surface area (Å²) in [6.45, 7) is 6.01. The van der Waals surface area contributed by atoms with E-state index >= 15 is 0 Å². The number of hydrogen-bond acceptors (Lipinski definition) is 5. The SMILES string of the molecule is CCC(C)NC(=O)/C(C#N)=C\N1CCN(C(=O)OC)CC1. The average molecular weight is 294 g/mol. The summed E-state index contributed by atoms with van der Waals surface area (Å²) in [7, 11) is 1.35. The number of carbonyl (C=O) groups is 2. The molecule has 1 aliphatic heterocycles. The van der Waals surface area contributed by atoms with E-state index in [4.69, 9.17) is 5.26 Å². The molecule has 7 nitrogen and oxygen atoms in total. The van der Waals surface area contributed by atoms with Crippen LogP contribution in [0.1, 0.15) is 20.3 Å². The second-order valence-corrected chi connectivity index (χ2v) is 4.93. The number of amides is 2. The quantitative estimate of drug-likeness (QED) is 0.609. The first-order valence-corrected chi connectivity index (χ1v) is 7.01. The normalized spacial score (nSPS) is 17.0. The minimum atomic E-state index is -0.359. The van der Waals surface area contributed by atoms with Crippen LogP contribution < -0.4 is 5.32 Å². The summed E-state index contributed by atoms with van der Waals surface area (Å²) in [6.07, 6.45) is 2.02. The zero-order chi connectivity index (χ0) is 15.8. The van der Waals surface area contributed by atoms with Gasteiger partial charge in [-0.15, -0.1) is 0 Å². The van der Waals surface area contributed by atoms with Crippen LogP contribution in [0.5, 0.6) is 0 Å². The van der Waals surface area contributed by atoms with Gasteiger partial charge in [-0.05, 0) is 13.3 Å². The molecule has 1 atom stereocenters. The van der Waals surface area contributed by atoms with Crippen LogP contribution in [0.25, 0.3) is 0 Å². The van der Waals surface area contributed by atoms with Crippen LogP contribution in [0.15, 0.2) is 11.8 Å². The minimum Gasteiger partial charge on any atom is -0.453 e. The standard InChI is InChI=1S/C14H22N4O3/c1-4-11(2)16-13(19)12(9-15)10-17-5-7-18(8-6-17)14(20)21-3/h10-11H,4-8H2,1-3H3,(H,16,19)/b12-10-. The molecule has 1 fully saturated rings. The Hall–Kier alpha value is -2.23. The van der Waals surface area contributed by atoms with E-state index in [2.05, 4.69) is 10.1 Å². The van der Waals surface area contributed by atoms with E-state index in [1.165, 1.54) is 7.11 Å². The van der Waals surface area contributed by atoms with Gasteiger partial charge in [-0.2, -0.15) is 5.26 Å². The zero-order valence-corrected chi connectivity index (χ0v) is 12.8. The molecule has 1 heterocycles. The highest BCUT2D eigenvalue weighted by molar-refractivity contribution is 5.97. The van der Waals surface area contributed by atoms with Crippen molar-refractivity contribution in [1.82, 2.24) is 15.1 Å². The van der Waals surface area contributed by atoms with Gasteiger partial charge in [0.2, 0.25) is 0 Å². The molecule has 0 aromatic rings. The van der Waals surface area contributed by atoms with Gasteiger partial charge in [0.05, 0.1) is 7.11 Å². The van der Waals surface area contributed by atoms with Crippen molar-refractivity contribution in [3.8, 4) is 6.07 Å². The van der Waals surface area contributed by atoms with E-state index in [0.717, 1.165) is 6.42 Å². The summed E-state index contributed by atoms with van der Waals surface area (Å²) < 4.78 is 4.66. The smallest absolute Gasteiger partial charge is 0.409 e. The van der Waals surface area contributed by atoms with E-state index in [1.807, 2.05) is 24.8 Å². The molecular weight excluding hydrogens is 272 g/mol. The van der Waals surface area contributed by atoms with Gasteiger partial charge < -0.3 is 19.9 Å². The van der Waals surface area contributed by atoms with Crippen molar-refractivity contribution in [2.24, 2.45) is 0 Å². The van der Waals surface area contributed by atoms with Crippen molar-refractivity contribution in [3.05, 3.63) is 11.8 Å². The van der Waals surface area contributed by atoms with Gasteiger partial charge >= 0.3 is 6.09 Å². The molecule has 21 heavy (non-hydrogen) atoms. The Bertz CT molecular complexity index is 448. The number of carbonyl (C=O) groups excluding carboxylic acids is 2. The Kier molecular flexibility index (Phi) is 6.53. The first-order chi connectivity index (χ1) is 10.0. The van der Waals surface area contributed by atoms with E-state index in [1.54, 1.807) is 11.1 Å². The molecule has 0 spiro atoms. The number of hydrogen-bond donors (Lipinski definition) is 1. The van der Waals surface area contributed by atoms with Gasteiger partial charge in [-0.1, -0.05) is 6.92 Å². The van der Waals surface area contributed by atoms with Crippen LogP contribution in [0.3, 0.4) is 0 Å². The summed E-state index contributed by atoms with van der Waals surface area (Å²) in [4.78, 5) is 26.8. The Morgan fingerprint density at radius 3 is 2.48 bits per heavy atom. The van der Waals surface area contributed by atoms with Gasteiger partial charge in [0, 0.05) is 38.4 Å². The number of rotatable bonds is 4. The monoisotopic (exact) mass is 294 g/mol. The largest absolute Gasteiger partial charge is 0.453 e. The highest BCUT2D eigenvalue weighted by atomic mass is 16.5. The second-order valence-electron chi connectivity index (χ2n) is 4.93. The van der Waals surface area contributed by atoms with Crippen molar-refractivity contribution in [1.29, 1.82) is 5.26 Å². The van der Waals surface area contributed by atoms with E-state index < -0.39 is 0 Å². The molecule has 0 aromatic heterocycles. The molecule has 0 aliphatic carbocycles. The van der Waals surface area contributed by atoms with Gasteiger partial charge in [-0.25, -0.2) is 4.79 Å². The highest BCUT2D eigenvalue weighted by Gasteiger charge is 2.21. The predicted molar refractivity (Wildman–Crippen MR) is 77.1 cm³/mol. The Morgan fingerprint density at radius 1 is 1.38 bits per heavy atom. The maximum atomic E-state index is 11.9. The molecule has 7 heteroatoms. The predicted octanol–water partition coefficient (Wildman–Crippen LogP) is 0.693. The average Bonchev–Trinajstić information content (AvgIpc) is 2.51. The fraction of sp³-hybridized carbons (Fsp3) is 0.643. The van der Waals surface area contributed by atoms with Gasteiger partial charge in [0.25, 0.3) is 5.91 Å². The maximum absolute atomic E-state index is 11.9. The summed E-state index contributed by atoms with van der Waals surface area (Å²) in [5.41, 5.74) is 0.0850. The van der Waals surface area contributed by atoms with Crippen LogP contribution >= 0.6 is 0 Å². The Morgan fingerprint density at radius 2 is 2.00 bits per heavy atom. The van der Waals surface area contributed by atoms with E-state index in [-0.39, 0.29) is 23.6 Å². The van der Waals surface area contributed by atoms with Crippen LogP contribution in [-0.2, 0) is 9.53 Å². The van der Waals surface area contributed by atoms with Gasteiger partial charge in [0.15, 0.2) is 0 Å². The van der Waals surface area contributed by atoms with Crippen LogP contribution in [0.2, 0.25) is 0 Å². The molecule has 1 saturated heterocycles. The van der Waals surface area contributed by atoms with Crippen LogP contribution in [-0.4, -0.2) is 61.1 Å². The lowest BCUT2D eigenvalue weighted by Gasteiger charge is -2.33. The third-order valence-corrected chi connectivity index (χ3v) is 3.41. The molecule has 2 amide bonds. The van der Waals surface area contributed by atoms with Crippen molar-refractivity contribution < 1.29 is 14.3 Å². The third-order valence-electron chi connectivity index (χ3n) is 3.41. The zero-order valence-electron chi connectivity index (χ0n) is 12.8. The molecule has 1 unspecified atom stereocenters. The third kappa shape index (κ3) is 4.99. The van der Waals surface area contributed by atoms with Crippen molar-refractivity contribution in [2.45, 2.75) is 26.3 Å². The number of ether oxygens (including phenoxy) is 1. The highest BCUT2D eigenvalue weighted by Crippen LogP contribution is 2.06. The Labute approximate surface area is 125 Å². The van der Waals surface area contributed by atoms with Crippen molar-refractivity contribution in [2.75, 3.05) is 33.3 Å². The van der Waals surface area contributed by atoms with Crippen LogP contribution in [0.4, 0.5) is 4.79 Å². The molecule has 1 N–H and O–H groups in total. The molecule has 1 aliphatic rings. The number of piperazine rings is 1. The summed E-state index contributed by atoms with van der Waals surface area (Å²) in [6, 6.07) is 1.96.